The minimum absolute atomic E-state index is 0.320. The summed E-state index contributed by atoms with van der Waals surface area (Å²) < 4.78 is 28.2. The molecular weight excluding hydrogens is 372 g/mol. The van der Waals surface area contributed by atoms with E-state index in [-0.39, 0.29) is 0 Å². The second-order valence-electron chi connectivity index (χ2n) is 5.79. The summed E-state index contributed by atoms with van der Waals surface area (Å²) in [6, 6.07) is 1.68. The highest BCUT2D eigenvalue weighted by Crippen LogP contribution is 2.29. The molecule has 0 bridgehead atoms. The molecule has 1 saturated heterocycles. The van der Waals surface area contributed by atoms with Crippen molar-refractivity contribution >= 4 is 37.3 Å². The highest BCUT2D eigenvalue weighted by molar-refractivity contribution is 9.11. The molecule has 0 aliphatic carbocycles. The Morgan fingerprint density at radius 2 is 2.05 bits per heavy atom. The highest BCUT2D eigenvalue weighted by atomic mass is 79.9. The summed E-state index contributed by atoms with van der Waals surface area (Å²) in [5.74, 6) is 0.320. The maximum Gasteiger partial charge on any atom is 0.241 e. The lowest BCUT2D eigenvalue weighted by Gasteiger charge is -2.29. The van der Waals surface area contributed by atoms with E-state index in [2.05, 4.69) is 32.5 Å². The van der Waals surface area contributed by atoms with Crippen LogP contribution < -0.4 is 4.72 Å². The average Bonchev–Trinajstić information content (AvgIpc) is 2.78. The molecule has 1 atom stereocenters. The van der Waals surface area contributed by atoms with Crippen molar-refractivity contribution in [2.75, 3.05) is 26.2 Å². The first-order chi connectivity index (χ1) is 9.88. The first-order valence-corrected chi connectivity index (χ1v) is 10.5. The van der Waals surface area contributed by atoms with E-state index in [9.17, 15) is 8.42 Å². The van der Waals surface area contributed by atoms with E-state index in [0.29, 0.717) is 17.4 Å². The second-order valence-corrected chi connectivity index (χ2v) is 10.2. The van der Waals surface area contributed by atoms with E-state index in [1.165, 1.54) is 30.6 Å². The number of nitrogens with one attached hydrogen (secondary N) is 1. The Labute approximate surface area is 140 Å². The van der Waals surface area contributed by atoms with Crippen molar-refractivity contribution in [2.45, 2.75) is 38.0 Å². The van der Waals surface area contributed by atoms with E-state index in [1.54, 1.807) is 6.07 Å². The zero-order valence-corrected chi connectivity index (χ0v) is 15.8. The van der Waals surface area contributed by atoms with Gasteiger partial charge in [-0.15, -0.1) is 11.3 Å². The smallest absolute Gasteiger partial charge is 0.241 e. The standard InChI is InChI=1S/C14H23BrN2O2S2/c1-11(10-17-6-4-3-5-7-17)9-16-21(18,19)13-8-14(15)20-12(13)2/h8,11,16H,3-7,9-10H2,1-2H3. The van der Waals surface area contributed by atoms with Gasteiger partial charge in [0.1, 0.15) is 0 Å². The van der Waals surface area contributed by atoms with E-state index < -0.39 is 10.0 Å². The topological polar surface area (TPSA) is 49.4 Å². The lowest BCUT2D eigenvalue weighted by molar-refractivity contribution is 0.201. The van der Waals surface area contributed by atoms with Gasteiger partial charge in [0.15, 0.2) is 0 Å². The van der Waals surface area contributed by atoms with Crippen LogP contribution in [0.25, 0.3) is 0 Å². The number of rotatable bonds is 6. The van der Waals surface area contributed by atoms with Crippen molar-refractivity contribution < 1.29 is 8.42 Å². The van der Waals surface area contributed by atoms with Crippen LogP contribution in [-0.4, -0.2) is 39.5 Å². The fourth-order valence-electron chi connectivity index (χ4n) is 2.67. The molecule has 21 heavy (non-hydrogen) atoms. The molecular formula is C14H23BrN2O2S2. The molecule has 1 unspecified atom stereocenters. The third-order valence-electron chi connectivity index (χ3n) is 3.77. The number of hydrogen-bond acceptors (Lipinski definition) is 4. The van der Waals surface area contributed by atoms with Gasteiger partial charge in [-0.25, -0.2) is 13.1 Å². The number of hydrogen-bond donors (Lipinski definition) is 1. The van der Waals surface area contributed by atoms with Crippen molar-refractivity contribution in [2.24, 2.45) is 5.92 Å². The van der Waals surface area contributed by atoms with E-state index >= 15 is 0 Å². The number of aryl methyl sites for hydroxylation is 1. The van der Waals surface area contributed by atoms with E-state index in [1.807, 2.05) is 6.92 Å². The van der Waals surface area contributed by atoms with Gasteiger partial charge >= 0.3 is 0 Å². The number of sulfonamides is 1. The molecule has 120 valence electrons. The Bertz CT molecular complexity index is 566. The molecule has 0 spiro atoms. The molecule has 1 aromatic heterocycles. The molecule has 0 aromatic carbocycles. The van der Waals surface area contributed by atoms with Crippen LogP contribution in [-0.2, 0) is 10.0 Å². The van der Waals surface area contributed by atoms with Crippen LogP contribution >= 0.6 is 27.3 Å². The van der Waals surface area contributed by atoms with Gasteiger partial charge in [0.25, 0.3) is 0 Å². The van der Waals surface area contributed by atoms with Crippen LogP contribution in [0.15, 0.2) is 14.7 Å². The summed E-state index contributed by atoms with van der Waals surface area (Å²) in [4.78, 5) is 3.65. The maximum absolute atomic E-state index is 12.3. The minimum Gasteiger partial charge on any atom is -0.303 e. The molecule has 0 amide bonds. The molecule has 1 fully saturated rings. The highest BCUT2D eigenvalue weighted by Gasteiger charge is 2.21. The third kappa shape index (κ3) is 5.03. The fourth-order valence-corrected chi connectivity index (χ4v) is 6.25. The summed E-state index contributed by atoms with van der Waals surface area (Å²) in [7, 11) is -3.39. The van der Waals surface area contributed by atoms with Crippen molar-refractivity contribution in [1.82, 2.24) is 9.62 Å². The quantitative estimate of drug-likeness (QED) is 0.805. The lowest BCUT2D eigenvalue weighted by Crippen LogP contribution is -2.38. The van der Waals surface area contributed by atoms with Gasteiger partial charge in [-0.3, -0.25) is 0 Å². The Morgan fingerprint density at radius 1 is 1.38 bits per heavy atom. The van der Waals surface area contributed by atoms with Crippen LogP contribution in [0.3, 0.4) is 0 Å². The van der Waals surface area contributed by atoms with Gasteiger partial charge in [-0.05, 0) is 60.8 Å². The summed E-state index contributed by atoms with van der Waals surface area (Å²) in [6.07, 6.45) is 3.85. The number of halogens is 1. The molecule has 2 heterocycles. The Kier molecular flexibility index (Phi) is 6.25. The van der Waals surface area contributed by atoms with Gasteiger partial charge in [0.2, 0.25) is 10.0 Å². The van der Waals surface area contributed by atoms with Gasteiger partial charge < -0.3 is 4.90 Å². The average molecular weight is 395 g/mol. The molecule has 1 aliphatic heterocycles. The van der Waals surface area contributed by atoms with Crippen LogP contribution in [0.1, 0.15) is 31.1 Å². The Balaban J connectivity index is 1.87. The normalized spacial score (nSPS) is 18.8. The second kappa shape index (κ2) is 7.55. The summed E-state index contributed by atoms with van der Waals surface area (Å²) in [6.45, 7) is 7.69. The first kappa shape index (κ1) is 17.4. The van der Waals surface area contributed by atoms with Crippen LogP contribution in [0, 0.1) is 12.8 Å². The van der Waals surface area contributed by atoms with Crippen LogP contribution in [0.4, 0.5) is 0 Å². The monoisotopic (exact) mass is 394 g/mol. The summed E-state index contributed by atoms with van der Waals surface area (Å²) >= 11 is 4.79. The predicted octanol–water partition coefficient (Wildman–Crippen LogP) is 3.22. The summed E-state index contributed by atoms with van der Waals surface area (Å²) in [5.41, 5.74) is 0. The van der Waals surface area contributed by atoms with Crippen molar-refractivity contribution in [1.29, 1.82) is 0 Å². The fraction of sp³-hybridized carbons (Fsp3) is 0.714. The molecule has 0 saturated carbocycles. The van der Waals surface area contributed by atoms with E-state index in [4.69, 9.17) is 0 Å². The Hall–Kier alpha value is 0.0500. The number of piperidine rings is 1. The summed E-state index contributed by atoms with van der Waals surface area (Å²) in [5, 5.41) is 0. The molecule has 2 rings (SSSR count). The van der Waals surface area contributed by atoms with Gasteiger partial charge in [0.05, 0.1) is 8.68 Å². The van der Waals surface area contributed by atoms with Gasteiger partial charge in [0, 0.05) is 18.0 Å². The van der Waals surface area contributed by atoms with Crippen LogP contribution in [0.5, 0.6) is 0 Å². The molecule has 1 aliphatic rings. The van der Waals surface area contributed by atoms with Crippen molar-refractivity contribution in [3.63, 3.8) is 0 Å². The number of nitrogens with zero attached hydrogens (tertiary/aromatic N) is 1. The van der Waals surface area contributed by atoms with E-state index in [0.717, 1.165) is 28.3 Å². The largest absolute Gasteiger partial charge is 0.303 e. The maximum atomic E-state index is 12.3. The molecule has 7 heteroatoms. The zero-order chi connectivity index (χ0) is 15.5. The molecule has 1 N–H and O–H groups in total. The molecule has 0 radical (unpaired) electrons. The van der Waals surface area contributed by atoms with Gasteiger partial charge in [-0.1, -0.05) is 13.3 Å². The lowest BCUT2D eigenvalue weighted by atomic mass is 10.1. The van der Waals surface area contributed by atoms with Gasteiger partial charge in [-0.2, -0.15) is 0 Å². The predicted molar refractivity (Wildman–Crippen MR) is 91.4 cm³/mol. The number of thiophene rings is 1. The molecule has 1 aromatic rings. The first-order valence-electron chi connectivity index (χ1n) is 7.36. The Morgan fingerprint density at radius 3 is 2.62 bits per heavy atom. The zero-order valence-electron chi connectivity index (χ0n) is 12.6. The van der Waals surface area contributed by atoms with Crippen LogP contribution in [0.2, 0.25) is 0 Å². The molecule has 4 nitrogen and oxygen atoms in total. The SMILES string of the molecule is Cc1sc(Br)cc1S(=O)(=O)NCC(C)CN1CCCCC1. The minimum atomic E-state index is -3.39. The third-order valence-corrected chi connectivity index (χ3v) is 7.00. The van der Waals surface area contributed by atoms with Crippen molar-refractivity contribution in [3.8, 4) is 0 Å². The number of likely N-dealkylation sites (tertiary alicyclic amines) is 1. The van der Waals surface area contributed by atoms with Crippen molar-refractivity contribution in [3.05, 3.63) is 14.7 Å².